The lowest BCUT2D eigenvalue weighted by molar-refractivity contribution is -0.121. The number of aryl methyl sites for hydroxylation is 1. The van der Waals surface area contributed by atoms with E-state index in [1.165, 1.54) is 4.90 Å². The number of likely N-dealkylation sites (N-methyl/N-ethyl adjacent to an activating group) is 1. The molecule has 1 aliphatic rings. The fourth-order valence-electron chi connectivity index (χ4n) is 2.69. The van der Waals surface area contributed by atoms with Crippen molar-refractivity contribution in [3.8, 4) is 0 Å². The Bertz CT molecular complexity index is 1020. The summed E-state index contributed by atoms with van der Waals surface area (Å²) >= 11 is 0. The second-order valence-electron chi connectivity index (χ2n) is 5.79. The van der Waals surface area contributed by atoms with Gasteiger partial charge in [0.05, 0.1) is 5.52 Å². The number of carbonyl (C=O) groups excluding carboxylic acids is 1. The highest BCUT2D eigenvalue weighted by molar-refractivity contribution is 6.15. The van der Waals surface area contributed by atoms with Crippen LogP contribution in [0.4, 0.5) is 5.82 Å². The molecule has 0 spiro atoms. The second-order valence-corrected chi connectivity index (χ2v) is 5.79. The molecule has 1 N–H and O–H groups in total. The van der Waals surface area contributed by atoms with Crippen LogP contribution < -0.4 is 5.32 Å². The molecular formula is C18H16N6O. The molecule has 1 aromatic carbocycles. The topological polar surface area (TPSA) is 75.4 Å². The third kappa shape index (κ3) is 2.87. The van der Waals surface area contributed by atoms with E-state index in [4.69, 9.17) is 0 Å². The van der Waals surface area contributed by atoms with Gasteiger partial charge >= 0.3 is 0 Å². The minimum atomic E-state index is -0.138. The molecule has 0 atom stereocenters. The fraction of sp³-hybridized carbons (Fsp3) is 0.111. The van der Waals surface area contributed by atoms with E-state index in [1.807, 2.05) is 49.7 Å². The number of carbonyl (C=O) groups is 1. The Morgan fingerprint density at radius 1 is 1.20 bits per heavy atom. The number of amides is 1. The minimum absolute atomic E-state index is 0.138. The normalized spacial score (nSPS) is 17.7. The smallest absolute Gasteiger partial charge is 0.276 e. The van der Waals surface area contributed by atoms with Crippen LogP contribution >= 0.6 is 0 Å². The zero-order valence-electron chi connectivity index (χ0n) is 13.8. The third-order valence-electron chi connectivity index (χ3n) is 3.92. The lowest BCUT2D eigenvalue weighted by Crippen LogP contribution is -2.27. The summed E-state index contributed by atoms with van der Waals surface area (Å²) in [6.45, 7) is 0. The van der Waals surface area contributed by atoms with E-state index in [0.717, 1.165) is 16.5 Å². The highest BCUT2D eigenvalue weighted by atomic mass is 16.2. The van der Waals surface area contributed by atoms with Gasteiger partial charge in [-0.05, 0) is 35.9 Å². The highest BCUT2D eigenvalue weighted by Crippen LogP contribution is 2.19. The summed E-state index contributed by atoms with van der Waals surface area (Å²) in [5.41, 5.74) is 2.31. The monoisotopic (exact) mass is 332 g/mol. The van der Waals surface area contributed by atoms with Crippen LogP contribution in [0.25, 0.3) is 17.0 Å². The largest absolute Gasteiger partial charge is 0.321 e. The van der Waals surface area contributed by atoms with E-state index < -0.39 is 0 Å². The maximum absolute atomic E-state index is 12.5. The molecule has 0 radical (unpaired) electrons. The number of benzene rings is 1. The number of hydrogen-bond donors (Lipinski definition) is 1. The lowest BCUT2D eigenvalue weighted by Gasteiger charge is -2.06. The van der Waals surface area contributed by atoms with Gasteiger partial charge in [-0.25, -0.2) is 4.98 Å². The average Bonchev–Trinajstić information content (AvgIpc) is 3.10. The number of nitrogens with one attached hydrogen (secondary N) is 1. The standard InChI is InChI=1S/C18H16N6O/c1-23-11-13-9-12(6-7-14(13)22-23)10-15-17(25)24(2)18(20-15)21-16-5-3-4-8-19-16/h3-11H,1-2H3,(H,19,20,21)/b15-10-. The van der Waals surface area contributed by atoms with Gasteiger partial charge in [-0.3, -0.25) is 14.4 Å². The number of hydrogen-bond acceptors (Lipinski definition) is 4. The fourth-order valence-corrected chi connectivity index (χ4v) is 2.69. The summed E-state index contributed by atoms with van der Waals surface area (Å²) in [6.07, 6.45) is 5.42. The maximum Gasteiger partial charge on any atom is 0.276 e. The molecule has 4 rings (SSSR count). The van der Waals surface area contributed by atoms with E-state index in [2.05, 4.69) is 20.4 Å². The van der Waals surface area contributed by atoms with Gasteiger partial charge in [-0.1, -0.05) is 12.1 Å². The predicted molar refractivity (Wildman–Crippen MR) is 95.9 cm³/mol. The highest BCUT2D eigenvalue weighted by Gasteiger charge is 2.28. The molecule has 1 fully saturated rings. The molecular weight excluding hydrogens is 316 g/mol. The maximum atomic E-state index is 12.5. The number of pyridine rings is 1. The van der Waals surface area contributed by atoms with E-state index in [-0.39, 0.29) is 5.91 Å². The van der Waals surface area contributed by atoms with Crippen molar-refractivity contribution in [3.05, 3.63) is 60.1 Å². The molecule has 0 aliphatic carbocycles. The summed E-state index contributed by atoms with van der Waals surface area (Å²) in [6, 6.07) is 11.3. The molecule has 1 saturated heterocycles. The molecule has 3 heterocycles. The average molecular weight is 332 g/mol. The van der Waals surface area contributed by atoms with E-state index in [1.54, 1.807) is 24.0 Å². The van der Waals surface area contributed by atoms with Gasteiger partial charge in [-0.15, -0.1) is 0 Å². The summed E-state index contributed by atoms with van der Waals surface area (Å²) in [4.78, 5) is 22.5. The van der Waals surface area contributed by atoms with Crippen LogP contribution in [-0.2, 0) is 11.8 Å². The zero-order chi connectivity index (χ0) is 17.4. The van der Waals surface area contributed by atoms with Crippen molar-refractivity contribution >= 4 is 34.7 Å². The molecule has 25 heavy (non-hydrogen) atoms. The Balaban J connectivity index is 1.66. The minimum Gasteiger partial charge on any atom is -0.321 e. The van der Waals surface area contributed by atoms with Crippen LogP contribution in [0.5, 0.6) is 0 Å². The van der Waals surface area contributed by atoms with E-state index in [9.17, 15) is 4.79 Å². The predicted octanol–water partition coefficient (Wildman–Crippen LogP) is 2.06. The third-order valence-corrected chi connectivity index (χ3v) is 3.92. The van der Waals surface area contributed by atoms with E-state index in [0.29, 0.717) is 17.5 Å². The SMILES string of the molecule is CN1C(=O)/C(=C/c2ccc3nn(C)cc3c2)N/C1=N\c1ccccn1. The first kappa shape index (κ1) is 15.1. The number of nitrogens with zero attached hydrogens (tertiary/aromatic N) is 5. The molecule has 7 nitrogen and oxygen atoms in total. The second kappa shape index (κ2) is 5.86. The van der Waals surface area contributed by atoms with Crippen molar-refractivity contribution in [2.45, 2.75) is 0 Å². The Morgan fingerprint density at radius 2 is 2.08 bits per heavy atom. The summed E-state index contributed by atoms with van der Waals surface area (Å²) in [5.74, 6) is 0.862. The van der Waals surface area contributed by atoms with Gasteiger partial charge in [0, 0.05) is 31.9 Å². The first-order valence-electron chi connectivity index (χ1n) is 7.80. The molecule has 7 heteroatoms. The first-order valence-corrected chi connectivity index (χ1v) is 7.80. The summed E-state index contributed by atoms with van der Waals surface area (Å²) in [7, 11) is 3.57. The van der Waals surface area contributed by atoms with Crippen molar-refractivity contribution in [3.63, 3.8) is 0 Å². The first-order chi connectivity index (χ1) is 12.1. The van der Waals surface area contributed by atoms with Gasteiger partial charge in [0.2, 0.25) is 5.96 Å². The van der Waals surface area contributed by atoms with Gasteiger partial charge in [0.1, 0.15) is 5.70 Å². The number of aromatic nitrogens is 3. The quantitative estimate of drug-likeness (QED) is 0.729. The van der Waals surface area contributed by atoms with Crippen molar-refractivity contribution < 1.29 is 4.79 Å². The van der Waals surface area contributed by atoms with Crippen molar-refractivity contribution in [2.75, 3.05) is 7.05 Å². The Hall–Kier alpha value is -3.48. The van der Waals surface area contributed by atoms with Crippen molar-refractivity contribution in [2.24, 2.45) is 12.0 Å². The molecule has 1 aliphatic heterocycles. The number of aliphatic imine (C=N–C) groups is 1. The molecule has 0 saturated carbocycles. The van der Waals surface area contributed by atoms with Gasteiger partial charge < -0.3 is 5.32 Å². The molecule has 0 bridgehead atoms. The van der Waals surface area contributed by atoms with Crippen LogP contribution in [0.1, 0.15) is 5.56 Å². The van der Waals surface area contributed by atoms with Crippen LogP contribution in [0, 0.1) is 0 Å². The van der Waals surface area contributed by atoms with Gasteiger partial charge in [0.25, 0.3) is 5.91 Å². The lowest BCUT2D eigenvalue weighted by atomic mass is 10.1. The molecule has 1 amide bonds. The molecule has 0 unspecified atom stereocenters. The summed E-state index contributed by atoms with van der Waals surface area (Å²) < 4.78 is 1.77. The molecule has 124 valence electrons. The zero-order valence-corrected chi connectivity index (χ0v) is 13.8. The van der Waals surface area contributed by atoms with Crippen LogP contribution in [0.2, 0.25) is 0 Å². The Morgan fingerprint density at radius 3 is 2.88 bits per heavy atom. The summed E-state index contributed by atoms with van der Waals surface area (Å²) in [5, 5.41) is 8.44. The molecule has 2 aromatic heterocycles. The van der Waals surface area contributed by atoms with Crippen LogP contribution in [0.15, 0.2) is 59.5 Å². The van der Waals surface area contributed by atoms with Crippen LogP contribution in [-0.4, -0.2) is 38.6 Å². The Kier molecular flexibility index (Phi) is 3.53. The molecule has 3 aromatic rings. The van der Waals surface area contributed by atoms with Crippen molar-refractivity contribution in [1.82, 2.24) is 25.0 Å². The van der Waals surface area contributed by atoms with E-state index >= 15 is 0 Å². The van der Waals surface area contributed by atoms with Gasteiger partial charge in [0.15, 0.2) is 5.82 Å². The Labute approximate surface area is 144 Å². The number of guanidine groups is 1. The van der Waals surface area contributed by atoms with Crippen LogP contribution in [0.3, 0.4) is 0 Å². The van der Waals surface area contributed by atoms with Crippen molar-refractivity contribution in [1.29, 1.82) is 0 Å². The van der Waals surface area contributed by atoms with Gasteiger partial charge in [-0.2, -0.15) is 10.1 Å². The number of fused-ring (bicyclic) bond motifs is 1. The number of rotatable bonds is 2.